The second-order valence-corrected chi connectivity index (χ2v) is 19.4. The smallest absolute Gasteiger partial charge is 0.462 e. The van der Waals surface area contributed by atoms with Crippen molar-refractivity contribution in [3.05, 3.63) is 48.6 Å². The van der Waals surface area contributed by atoms with E-state index in [1.54, 1.807) is 0 Å². The van der Waals surface area contributed by atoms with E-state index in [9.17, 15) is 53.8 Å². The van der Waals surface area contributed by atoms with Crippen LogP contribution in [0.4, 0.5) is 0 Å². The van der Waals surface area contributed by atoms with Gasteiger partial charge < -0.3 is 44.6 Å². The lowest BCUT2D eigenvalue weighted by Crippen LogP contribution is -2.64. The summed E-state index contributed by atoms with van der Waals surface area (Å²) in [6.07, 6.45) is 27.9. The fourth-order valence-corrected chi connectivity index (χ4v) is 8.68. The Morgan fingerprint density at radius 3 is 1.40 bits per heavy atom. The van der Waals surface area contributed by atoms with Crippen LogP contribution in [0.1, 0.15) is 181 Å². The topological polar surface area (TPSA) is 256 Å². The van der Waals surface area contributed by atoms with E-state index in [4.69, 9.17) is 18.5 Å². The SMILES string of the molecule is CCCCCC=CCC=CCC=CCC=CCCCC(=O)OC(COC(=O)CCCCCCCCCCCCCCCCC)COP(=O)(O)OC1C(O)C(O)C(O)C(OP(=O)(O)O)C1O. The Morgan fingerprint density at radius 2 is 0.908 bits per heavy atom. The third-order valence-electron chi connectivity index (χ3n) is 10.9. The van der Waals surface area contributed by atoms with E-state index in [1.165, 1.54) is 83.5 Å². The molecule has 0 aliphatic heterocycles. The Hall–Kier alpha value is -2.04. The van der Waals surface area contributed by atoms with Crippen molar-refractivity contribution < 1.29 is 76.9 Å². The first-order chi connectivity index (χ1) is 31.1. The van der Waals surface area contributed by atoms with Crippen molar-refractivity contribution in [2.24, 2.45) is 0 Å². The summed E-state index contributed by atoms with van der Waals surface area (Å²) in [6.45, 7) is 3.04. The lowest BCUT2D eigenvalue weighted by Gasteiger charge is -2.43. The van der Waals surface area contributed by atoms with Gasteiger partial charge in [0.2, 0.25) is 0 Å². The number of hydrogen-bond acceptors (Lipinski definition) is 13. The zero-order valence-electron chi connectivity index (χ0n) is 39.2. The van der Waals surface area contributed by atoms with E-state index in [1.807, 2.05) is 12.2 Å². The summed E-state index contributed by atoms with van der Waals surface area (Å²) in [4.78, 5) is 54.3. The highest BCUT2D eigenvalue weighted by molar-refractivity contribution is 7.47. The summed E-state index contributed by atoms with van der Waals surface area (Å²) in [5.41, 5.74) is 0. The summed E-state index contributed by atoms with van der Waals surface area (Å²) in [5, 5.41) is 41.2. The number of aliphatic hydroxyl groups excluding tert-OH is 4. The molecule has 0 aromatic rings. The monoisotopic (exact) mass is 967 g/mol. The van der Waals surface area contributed by atoms with Crippen LogP contribution in [0.25, 0.3) is 0 Å². The third-order valence-corrected chi connectivity index (χ3v) is 12.4. The molecule has 1 aliphatic carbocycles. The number of hydrogen-bond donors (Lipinski definition) is 7. The minimum absolute atomic E-state index is 0.0312. The van der Waals surface area contributed by atoms with E-state index >= 15 is 0 Å². The molecular weight excluding hydrogens is 882 g/mol. The van der Waals surface area contributed by atoms with Crippen LogP contribution in [-0.4, -0.2) is 103 Å². The van der Waals surface area contributed by atoms with Crippen molar-refractivity contribution in [1.29, 1.82) is 0 Å². The van der Waals surface area contributed by atoms with Crippen LogP contribution in [0.5, 0.6) is 0 Å². The van der Waals surface area contributed by atoms with Crippen molar-refractivity contribution >= 4 is 27.6 Å². The number of aliphatic hydroxyl groups is 4. The van der Waals surface area contributed by atoms with Crippen LogP contribution in [-0.2, 0) is 41.8 Å². The Balaban J connectivity index is 2.63. The lowest BCUT2D eigenvalue weighted by molar-refractivity contribution is -0.216. The average molecular weight is 967 g/mol. The number of phosphoric acid groups is 2. The maximum absolute atomic E-state index is 13.0. The van der Waals surface area contributed by atoms with E-state index in [-0.39, 0.29) is 12.8 Å². The molecule has 8 atom stereocenters. The largest absolute Gasteiger partial charge is 0.472 e. The van der Waals surface area contributed by atoms with Gasteiger partial charge >= 0.3 is 27.6 Å². The van der Waals surface area contributed by atoms with Gasteiger partial charge in [0.25, 0.3) is 0 Å². The van der Waals surface area contributed by atoms with E-state index < -0.39 is 83.5 Å². The van der Waals surface area contributed by atoms with Gasteiger partial charge in [-0.25, -0.2) is 9.13 Å². The molecule has 16 nitrogen and oxygen atoms in total. The third kappa shape index (κ3) is 32.4. The van der Waals surface area contributed by atoms with Gasteiger partial charge in [-0.15, -0.1) is 0 Å². The molecule has 0 heterocycles. The first-order valence-corrected chi connectivity index (χ1v) is 27.2. The standard InChI is InChI=1S/C47H84O16P2/c1-3-5-7-9-11-13-15-17-19-20-22-24-26-28-30-32-34-36-41(49)61-39(37-59-40(48)35-33-31-29-27-25-23-21-18-16-14-12-10-8-6-4-2)38-60-65(57,58)63-47-44(52)42(50)43(51)46(45(47)53)62-64(54,55)56/h11,13,17,19,22,24,28,30,39,42-47,50-53H,3-10,12,14-16,18,20-21,23,25-27,29,31-38H2,1-2H3,(H,57,58)(H2,54,55,56). The summed E-state index contributed by atoms with van der Waals surface area (Å²) in [7, 11) is -10.7. The molecule has 0 radical (unpaired) electrons. The Labute approximate surface area is 388 Å². The number of unbranched alkanes of at least 4 members (excludes halogenated alkanes) is 18. The molecule has 1 aliphatic rings. The number of phosphoric ester groups is 2. The predicted octanol–water partition coefficient (Wildman–Crippen LogP) is 9.29. The number of allylic oxidation sites excluding steroid dienone is 8. The Kier molecular flexibility index (Phi) is 35.5. The first kappa shape index (κ1) is 61.0. The second kappa shape index (κ2) is 37.9. The van der Waals surface area contributed by atoms with Crippen LogP contribution >= 0.6 is 15.6 Å². The van der Waals surface area contributed by atoms with Crippen molar-refractivity contribution in [3.8, 4) is 0 Å². The molecule has 1 saturated carbocycles. The molecule has 18 heteroatoms. The second-order valence-electron chi connectivity index (χ2n) is 16.8. The van der Waals surface area contributed by atoms with Gasteiger partial charge in [-0.1, -0.05) is 165 Å². The van der Waals surface area contributed by atoms with Crippen LogP contribution in [0.2, 0.25) is 0 Å². The highest BCUT2D eigenvalue weighted by Crippen LogP contribution is 2.49. The molecule has 0 spiro atoms. The molecule has 65 heavy (non-hydrogen) atoms. The van der Waals surface area contributed by atoms with Crippen molar-refractivity contribution in [1.82, 2.24) is 0 Å². The summed E-state index contributed by atoms with van der Waals surface area (Å²) < 4.78 is 49.3. The molecule has 7 N–H and O–H groups in total. The number of esters is 2. The van der Waals surface area contributed by atoms with Gasteiger partial charge in [0.05, 0.1) is 6.61 Å². The molecular formula is C47H84O16P2. The molecule has 0 aromatic carbocycles. The molecule has 1 fully saturated rings. The van der Waals surface area contributed by atoms with Crippen LogP contribution < -0.4 is 0 Å². The summed E-state index contributed by atoms with van der Waals surface area (Å²) >= 11 is 0. The zero-order chi connectivity index (χ0) is 48.2. The van der Waals surface area contributed by atoms with Gasteiger partial charge in [0, 0.05) is 12.8 Å². The summed E-state index contributed by atoms with van der Waals surface area (Å²) in [5.74, 6) is -1.27. The fraction of sp³-hybridized carbons (Fsp3) is 0.787. The van der Waals surface area contributed by atoms with Crippen LogP contribution in [0.15, 0.2) is 48.6 Å². The van der Waals surface area contributed by atoms with Gasteiger partial charge in [-0.3, -0.25) is 23.2 Å². The maximum atomic E-state index is 13.0. The van der Waals surface area contributed by atoms with Crippen LogP contribution in [0.3, 0.4) is 0 Å². The van der Waals surface area contributed by atoms with Gasteiger partial charge in [0.1, 0.15) is 43.2 Å². The highest BCUT2D eigenvalue weighted by Gasteiger charge is 2.54. The van der Waals surface area contributed by atoms with E-state index in [2.05, 4.69) is 54.8 Å². The number of ether oxygens (including phenoxy) is 2. The first-order valence-electron chi connectivity index (χ1n) is 24.2. The molecule has 0 aromatic heterocycles. The number of rotatable bonds is 40. The van der Waals surface area contributed by atoms with E-state index in [0.717, 1.165) is 51.4 Å². The number of carbonyl (C=O) groups is 2. The molecule has 378 valence electrons. The Morgan fingerprint density at radius 1 is 0.492 bits per heavy atom. The van der Waals surface area contributed by atoms with Crippen LogP contribution in [0, 0.1) is 0 Å². The van der Waals surface area contributed by atoms with Crippen molar-refractivity contribution in [3.63, 3.8) is 0 Å². The van der Waals surface area contributed by atoms with Gasteiger partial charge in [-0.2, -0.15) is 0 Å². The van der Waals surface area contributed by atoms with Gasteiger partial charge in [0.15, 0.2) is 6.10 Å². The molecule has 8 unspecified atom stereocenters. The summed E-state index contributed by atoms with van der Waals surface area (Å²) in [6, 6.07) is 0. The normalized spacial score (nSPS) is 22.0. The molecule has 0 amide bonds. The Bertz CT molecular complexity index is 1450. The lowest BCUT2D eigenvalue weighted by atomic mass is 9.85. The minimum atomic E-state index is -5.37. The van der Waals surface area contributed by atoms with Crippen molar-refractivity contribution in [2.75, 3.05) is 13.2 Å². The molecule has 0 bridgehead atoms. The quantitative estimate of drug-likeness (QED) is 0.0131. The fourth-order valence-electron chi connectivity index (χ4n) is 7.14. The predicted molar refractivity (Wildman–Crippen MR) is 250 cm³/mol. The number of carbonyl (C=O) groups excluding carboxylic acids is 2. The van der Waals surface area contributed by atoms with E-state index in [0.29, 0.717) is 19.3 Å². The minimum Gasteiger partial charge on any atom is -0.462 e. The van der Waals surface area contributed by atoms with Gasteiger partial charge in [-0.05, 0) is 51.4 Å². The maximum Gasteiger partial charge on any atom is 0.472 e. The molecule has 1 rings (SSSR count). The zero-order valence-corrected chi connectivity index (χ0v) is 40.9. The van der Waals surface area contributed by atoms with Crippen molar-refractivity contribution in [2.45, 2.75) is 224 Å². The molecule has 0 saturated heterocycles. The average Bonchev–Trinajstić information content (AvgIpc) is 3.26. The highest BCUT2D eigenvalue weighted by atomic mass is 31.2.